The highest BCUT2D eigenvalue weighted by Gasteiger charge is 2.37. The van der Waals surface area contributed by atoms with E-state index < -0.39 is 56.4 Å². The average molecular weight is 535 g/mol. The average Bonchev–Trinajstić information content (AvgIpc) is 2.81. The lowest BCUT2D eigenvalue weighted by atomic mass is 9.79. The van der Waals surface area contributed by atoms with Crippen molar-refractivity contribution in [2.45, 2.75) is 5.75 Å². The van der Waals surface area contributed by atoms with E-state index in [-0.39, 0.29) is 11.4 Å². The molecule has 0 N–H and O–H groups in total. The summed E-state index contributed by atoms with van der Waals surface area (Å²) in [6.07, 6.45) is 1.60. The molecule has 0 aliphatic carbocycles. The third-order valence-corrected chi connectivity index (χ3v) is 5.76. The zero-order valence-corrected chi connectivity index (χ0v) is 18.9. The fourth-order valence-electron chi connectivity index (χ4n) is 2.67. The van der Waals surface area contributed by atoms with Crippen LogP contribution in [0.25, 0.3) is 0 Å². The molecule has 0 fully saturated rings. The van der Waals surface area contributed by atoms with Crippen molar-refractivity contribution >= 4 is 28.1 Å². The van der Waals surface area contributed by atoms with Crippen LogP contribution in [-0.2, 0) is 19.9 Å². The first kappa shape index (κ1) is 28.5. The monoisotopic (exact) mass is 535 g/mol. The normalized spacial score (nSPS) is 12.5. The van der Waals surface area contributed by atoms with Crippen molar-refractivity contribution in [2.24, 2.45) is 0 Å². The molecule has 14 heteroatoms. The zero-order valence-electron chi connectivity index (χ0n) is 18.1. The summed E-state index contributed by atoms with van der Waals surface area (Å²) >= 11 is 0. The van der Waals surface area contributed by atoms with Crippen LogP contribution in [-0.4, -0.2) is 18.2 Å². The second-order valence-corrected chi connectivity index (χ2v) is 9.73. The number of hydrogen-bond donors (Lipinski definition) is 0. The molecule has 3 aromatic rings. The highest BCUT2D eigenvalue weighted by atomic mass is 32.2. The lowest BCUT2D eigenvalue weighted by Crippen LogP contribution is -2.41. The Morgan fingerprint density at radius 1 is 0.833 bits per heavy atom. The van der Waals surface area contributed by atoms with Crippen LogP contribution < -0.4 is 5.46 Å². The van der Waals surface area contributed by atoms with Gasteiger partial charge in [-0.25, -0.2) is 22.0 Å². The first-order valence-electron chi connectivity index (χ1n) is 9.63. The van der Waals surface area contributed by atoms with Crippen LogP contribution in [0.1, 0.15) is 11.1 Å². The van der Waals surface area contributed by atoms with Crippen molar-refractivity contribution < 1.29 is 44.0 Å². The molecule has 0 amide bonds. The minimum Gasteiger partial charge on any atom is -0.445 e. The summed E-state index contributed by atoms with van der Waals surface area (Å²) in [6, 6.07) is 15.4. The van der Waals surface area contributed by atoms with Gasteiger partial charge in [0, 0.05) is 23.3 Å². The van der Waals surface area contributed by atoms with Crippen molar-refractivity contribution in [1.29, 1.82) is 0 Å². The number of nitro groups is 1. The lowest BCUT2D eigenvalue weighted by molar-refractivity contribution is -0.384. The van der Waals surface area contributed by atoms with Gasteiger partial charge in [-0.3, -0.25) is 10.1 Å². The maximum absolute atomic E-state index is 12.5. The van der Waals surface area contributed by atoms with Crippen LogP contribution in [0, 0.1) is 50.4 Å². The Morgan fingerprint density at radius 2 is 1.31 bits per heavy atom. The molecule has 1 unspecified atom stereocenters. The van der Waals surface area contributed by atoms with Crippen LogP contribution in [0.3, 0.4) is 0 Å². The first-order chi connectivity index (χ1) is 16.6. The van der Waals surface area contributed by atoms with Gasteiger partial charge >= 0.3 is 6.98 Å². The van der Waals surface area contributed by atoms with Crippen LogP contribution in [0.2, 0.25) is 0 Å². The quantitative estimate of drug-likeness (QED) is 0.0633. The largest absolute Gasteiger partial charge is 0.515 e. The predicted molar refractivity (Wildman–Crippen MR) is 119 cm³/mol. The second-order valence-electron chi connectivity index (χ2n) is 7.22. The van der Waals surface area contributed by atoms with Gasteiger partial charge in [-0.2, -0.15) is 0 Å². The van der Waals surface area contributed by atoms with Crippen LogP contribution in [0.4, 0.5) is 40.6 Å². The Labute approximate surface area is 200 Å². The third kappa shape index (κ3) is 7.38. The van der Waals surface area contributed by atoms with Crippen molar-refractivity contribution in [2.75, 3.05) is 6.26 Å². The fraction of sp³-hybridized carbons (Fsp3) is 0.0909. The number of nitro benzene ring substituents is 1. The van der Waals surface area contributed by atoms with Gasteiger partial charge in [0.25, 0.3) is 5.69 Å². The summed E-state index contributed by atoms with van der Waals surface area (Å²) in [6.45, 7) is -6.30. The van der Waals surface area contributed by atoms with Crippen LogP contribution in [0.15, 0.2) is 54.6 Å². The SMILES string of the molecule is C[S+](=O)(C#Cc1ccccc1)Cc1ccc([N+](=O)[O-])cc1.Fc1c(F)c(F)c([B-](F)(F)F)c(F)c1F. The Kier molecular flexibility index (Phi) is 8.98. The molecule has 4 nitrogen and oxygen atoms in total. The molecule has 36 heavy (non-hydrogen) atoms. The molecule has 0 spiro atoms. The van der Waals surface area contributed by atoms with Gasteiger partial charge in [-0.1, -0.05) is 22.4 Å². The molecule has 3 rings (SSSR count). The molecule has 190 valence electrons. The topological polar surface area (TPSA) is 60.2 Å². The molecule has 0 aliphatic rings. The van der Waals surface area contributed by atoms with Gasteiger partial charge in [-0.05, 0) is 35.6 Å². The smallest absolute Gasteiger partial charge is 0.445 e. The van der Waals surface area contributed by atoms with Gasteiger partial charge in [0.1, 0.15) is 23.6 Å². The maximum atomic E-state index is 12.5. The van der Waals surface area contributed by atoms with E-state index in [1.165, 1.54) is 12.1 Å². The predicted octanol–water partition coefficient (Wildman–Crippen LogP) is 5.67. The number of non-ortho nitro benzene ring substituents is 1. The number of benzene rings is 3. The third-order valence-electron chi connectivity index (χ3n) is 4.35. The van der Waals surface area contributed by atoms with Gasteiger partial charge in [0.2, 0.25) is 0 Å². The summed E-state index contributed by atoms with van der Waals surface area (Å²) in [4.78, 5) is 10.1. The summed E-state index contributed by atoms with van der Waals surface area (Å²) in [7, 11) is -2.35. The molecule has 0 aliphatic heterocycles. The van der Waals surface area contributed by atoms with Gasteiger partial charge in [-0.15, -0.1) is 0 Å². The van der Waals surface area contributed by atoms with Crippen molar-refractivity contribution in [3.8, 4) is 11.2 Å². The van der Waals surface area contributed by atoms with Crippen LogP contribution in [0.5, 0.6) is 0 Å². The molecule has 0 bridgehead atoms. The van der Waals surface area contributed by atoms with E-state index in [0.29, 0.717) is 0 Å². The molecule has 1 atom stereocenters. The highest BCUT2D eigenvalue weighted by Crippen LogP contribution is 2.21. The van der Waals surface area contributed by atoms with Crippen molar-refractivity contribution in [3.05, 3.63) is 105 Å². The Balaban J connectivity index is 0.000000269. The minimum absolute atomic E-state index is 0.0247. The standard InChI is InChI=1S/C16H14NO3S.C6BF8/c1-21(20,12-11-14-5-3-2-4-6-14)13-15-7-9-16(10-8-15)17(18)19;8-2-1(7(13,14)15)3(9)5(11)6(12)4(2)10/h2-10H,13H2,1H3;/q+1;-1. The van der Waals surface area contributed by atoms with Crippen molar-refractivity contribution in [3.63, 3.8) is 0 Å². The molecular weight excluding hydrogens is 521 g/mol. The minimum atomic E-state index is -6.30. The van der Waals surface area contributed by atoms with Crippen LogP contribution >= 0.6 is 0 Å². The number of nitrogens with zero attached hydrogens (tertiary/aromatic N) is 1. The van der Waals surface area contributed by atoms with E-state index >= 15 is 0 Å². The summed E-state index contributed by atoms with van der Waals surface area (Å²) in [5.74, 6) is -10.4. The second kappa shape index (κ2) is 11.3. The Bertz CT molecular complexity index is 1340. The Morgan fingerprint density at radius 3 is 1.75 bits per heavy atom. The number of halogens is 8. The van der Waals surface area contributed by atoms with E-state index in [2.05, 4.69) is 11.2 Å². The lowest BCUT2D eigenvalue weighted by Gasteiger charge is -2.17. The first-order valence-corrected chi connectivity index (χ1v) is 11.8. The van der Waals surface area contributed by atoms with Gasteiger partial charge in [0.15, 0.2) is 32.6 Å². The summed E-state index contributed by atoms with van der Waals surface area (Å²) in [5.41, 5.74) is -1.12. The van der Waals surface area contributed by atoms with E-state index in [4.69, 9.17) is 0 Å². The molecular formula is C22H14BF8NO3S. The summed E-state index contributed by atoms with van der Waals surface area (Å²) in [5, 5.41) is 13.4. The molecule has 0 aromatic heterocycles. The Hall–Kier alpha value is -3.73. The fourth-order valence-corrected chi connectivity index (χ4v) is 3.90. The number of hydrogen-bond acceptors (Lipinski definition) is 3. The van der Waals surface area contributed by atoms with E-state index in [0.717, 1.165) is 11.1 Å². The highest BCUT2D eigenvalue weighted by molar-refractivity contribution is 8.05. The molecule has 0 radical (unpaired) electrons. The van der Waals surface area contributed by atoms with Crippen molar-refractivity contribution in [1.82, 2.24) is 0 Å². The molecule has 0 heterocycles. The number of rotatable bonds is 4. The zero-order chi connectivity index (χ0) is 27.3. The van der Waals surface area contributed by atoms with Gasteiger partial charge < -0.3 is 12.9 Å². The van der Waals surface area contributed by atoms with E-state index in [1.807, 2.05) is 30.3 Å². The molecule has 0 saturated heterocycles. The van der Waals surface area contributed by atoms with E-state index in [9.17, 15) is 49.2 Å². The van der Waals surface area contributed by atoms with E-state index in [1.54, 1.807) is 18.4 Å². The van der Waals surface area contributed by atoms with Gasteiger partial charge in [0.05, 0.1) is 4.92 Å². The maximum Gasteiger partial charge on any atom is 0.515 e. The molecule has 3 aromatic carbocycles. The summed E-state index contributed by atoms with van der Waals surface area (Å²) < 4.78 is 110. The molecule has 0 saturated carbocycles.